The maximum Gasteiger partial charge on any atom is 0.407 e. The fourth-order valence-corrected chi connectivity index (χ4v) is 1.93. The first-order chi connectivity index (χ1) is 8.47. The molecule has 106 valence electrons. The zero-order valence-electron chi connectivity index (χ0n) is 11.8. The van der Waals surface area contributed by atoms with Crippen molar-refractivity contribution in [2.24, 2.45) is 0 Å². The summed E-state index contributed by atoms with van der Waals surface area (Å²) in [6, 6.07) is 0.345. The second-order valence-electron chi connectivity index (χ2n) is 5.78. The first kappa shape index (κ1) is 15.2. The van der Waals surface area contributed by atoms with E-state index in [1.165, 1.54) is 12.8 Å². The van der Waals surface area contributed by atoms with E-state index >= 15 is 0 Å². The normalized spacial score (nSPS) is 22.5. The highest BCUT2D eigenvalue weighted by Gasteiger charge is 2.17. The molecule has 1 amide bonds. The first-order valence-electron chi connectivity index (χ1n) is 6.88. The lowest BCUT2D eigenvalue weighted by Crippen LogP contribution is -2.44. The van der Waals surface area contributed by atoms with Crippen molar-refractivity contribution in [1.82, 2.24) is 16.0 Å². The highest BCUT2D eigenvalue weighted by atomic mass is 16.6. The van der Waals surface area contributed by atoms with Crippen LogP contribution in [0.5, 0.6) is 0 Å². The summed E-state index contributed by atoms with van der Waals surface area (Å²) in [5, 5.41) is 9.65. The van der Waals surface area contributed by atoms with Gasteiger partial charge in [-0.05, 0) is 40.2 Å². The number of hydrogen-bond donors (Lipinski definition) is 3. The Balaban J connectivity index is 2.25. The second-order valence-corrected chi connectivity index (χ2v) is 5.78. The smallest absolute Gasteiger partial charge is 0.407 e. The Bertz CT molecular complexity index is 241. The molecule has 1 saturated heterocycles. The molecule has 1 aliphatic rings. The lowest BCUT2D eigenvalue weighted by molar-refractivity contribution is 0.0522. The van der Waals surface area contributed by atoms with Gasteiger partial charge in [0.25, 0.3) is 0 Å². The molecule has 0 aromatic rings. The summed E-state index contributed by atoms with van der Waals surface area (Å²) >= 11 is 0. The number of carbonyl (C=O) groups excluding carboxylic acids is 1. The van der Waals surface area contributed by atoms with E-state index in [0.29, 0.717) is 12.6 Å². The number of ether oxygens (including phenoxy) is 1. The Morgan fingerprint density at radius 3 is 2.78 bits per heavy atom. The molecule has 0 aromatic carbocycles. The lowest BCUT2D eigenvalue weighted by atomic mass is 10.1. The molecule has 5 heteroatoms. The third kappa shape index (κ3) is 7.50. The molecule has 18 heavy (non-hydrogen) atoms. The average molecular weight is 257 g/mol. The fourth-order valence-electron chi connectivity index (χ4n) is 1.93. The summed E-state index contributed by atoms with van der Waals surface area (Å²) < 4.78 is 5.22. The Morgan fingerprint density at radius 1 is 1.28 bits per heavy atom. The van der Waals surface area contributed by atoms with Gasteiger partial charge in [-0.25, -0.2) is 4.79 Å². The SMILES string of the molecule is CC(C)(C)OC(=O)NCC1CCCCNCCN1. The van der Waals surface area contributed by atoms with E-state index in [0.717, 1.165) is 26.1 Å². The van der Waals surface area contributed by atoms with Gasteiger partial charge >= 0.3 is 6.09 Å². The largest absolute Gasteiger partial charge is 0.444 e. The molecule has 0 bridgehead atoms. The van der Waals surface area contributed by atoms with E-state index in [2.05, 4.69) is 16.0 Å². The van der Waals surface area contributed by atoms with Gasteiger partial charge in [-0.1, -0.05) is 6.42 Å². The second kappa shape index (κ2) is 7.59. The molecule has 0 aromatic heterocycles. The first-order valence-corrected chi connectivity index (χ1v) is 6.88. The van der Waals surface area contributed by atoms with Gasteiger partial charge in [-0.2, -0.15) is 0 Å². The van der Waals surface area contributed by atoms with Crippen LogP contribution in [0.1, 0.15) is 40.0 Å². The average Bonchev–Trinajstić information content (AvgIpc) is 2.37. The van der Waals surface area contributed by atoms with Crippen molar-refractivity contribution in [2.75, 3.05) is 26.2 Å². The monoisotopic (exact) mass is 257 g/mol. The summed E-state index contributed by atoms with van der Waals surface area (Å²) in [4.78, 5) is 11.5. The van der Waals surface area contributed by atoms with Crippen LogP contribution in [-0.2, 0) is 4.74 Å². The van der Waals surface area contributed by atoms with Gasteiger partial charge in [-0.3, -0.25) is 0 Å². The predicted molar refractivity (Wildman–Crippen MR) is 72.7 cm³/mol. The van der Waals surface area contributed by atoms with Crippen LogP contribution in [0, 0.1) is 0 Å². The highest BCUT2D eigenvalue weighted by molar-refractivity contribution is 5.67. The molecule has 0 spiro atoms. The van der Waals surface area contributed by atoms with Gasteiger partial charge in [0, 0.05) is 25.7 Å². The molecule has 1 unspecified atom stereocenters. The maximum atomic E-state index is 11.5. The molecule has 1 atom stereocenters. The van der Waals surface area contributed by atoms with Crippen LogP contribution < -0.4 is 16.0 Å². The minimum absolute atomic E-state index is 0.331. The summed E-state index contributed by atoms with van der Waals surface area (Å²) in [5.74, 6) is 0. The molecule has 1 fully saturated rings. The summed E-state index contributed by atoms with van der Waals surface area (Å²) in [6.07, 6.45) is 3.14. The van der Waals surface area contributed by atoms with Gasteiger partial charge in [0.05, 0.1) is 0 Å². The van der Waals surface area contributed by atoms with Crippen molar-refractivity contribution in [3.8, 4) is 0 Å². The van der Waals surface area contributed by atoms with Gasteiger partial charge in [-0.15, -0.1) is 0 Å². The van der Waals surface area contributed by atoms with Crippen LogP contribution in [0.3, 0.4) is 0 Å². The van der Waals surface area contributed by atoms with Crippen molar-refractivity contribution in [2.45, 2.75) is 51.7 Å². The van der Waals surface area contributed by atoms with Crippen molar-refractivity contribution < 1.29 is 9.53 Å². The zero-order valence-corrected chi connectivity index (χ0v) is 11.8. The Morgan fingerprint density at radius 2 is 2.06 bits per heavy atom. The van der Waals surface area contributed by atoms with Crippen LogP contribution >= 0.6 is 0 Å². The van der Waals surface area contributed by atoms with E-state index in [9.17, 15) is 4.79 Å². The predicted octanol–water partition coefficient (Wildman–Crippen LogP) is 1.24. The molecule has 5 nitrogen and oxygen atoms in total. The fraction of sp³-hybridized carbons (Fsp3) is 0.923. The van der Waals surface area contributed by atoms with Crippen molar-refractivity contribution in [3.05, 3.63) is 0 Å². The van der Waals surface area contributed by atoms with Crippen LogP contribution in [0.15, 0.2) is 0 Å². The molecule has 0 saturated carbocycles. The molecule has 3 N–H and O–H groups in total. The minimum atomic E-state index is -0.431. The maximum absolute atomic E-state index is 11.5. The van der Waals surface area contributed by atoms with Gasteiger partial charge < -0.3 is 20.7 Å². The van der Waals surface area contributed by atoms with Crippen LogP contribution in [0.4, 0.5) is 4.79 Å². The van der Waals surface area contributed by atoms with Crippen LogP contribution in [-0.4, -0.2) is 43.9 Å². The molecule has 0 radical (unpaired) electrons. The van der Waals surface area contributed by atoms with E-state index in [1.807, 2.05) is 20.8 Å². The van der Waals surface area contributed by atoms with E-state index in [-0.39, 0.29) is 6.09 Å². The molecule has 0 aliphatic carbocycles. The Hall–Kier alpha value is -0.810. The number of carbonyl (C=O) groups is 1. The summed E-state index contributed by atoms with van der Waals surface area (Å²) in [7, 11) is 0. The van der Waals surface area contributed by atoms with E-state index in [1.54, 1.807) is 0 Å². The van der Waals surface area contributed by atoms with Crippen molar-refractivity contribution in [3.63, 3.8) is 0 Å². The number of hydrogen-bond acceptors (Lipinski definition) is 4. The summed E-state index contributed by atoms with van der Waals surface area (Å²) in [5.41, 5.74) is -0.431. The van der Waals surface area contributed by atoms with Gasteiger partial charge in [0.2, 0.25) is 0 Å². The topological polar surface area (TPSA) is 62.4 Å². The van der Waals surface area contributed by atoms with Gasteiger partial charge in [0.1, 0.15) is 5.60 Å². The quantitative estimate of drug-likeness (QED) is 0.696. The highest BCUT2D eigenvalue weighted by Crippen LogP contribution is 2.07. The number of nitrogens with one attached hydrogen (secondary N) is 3. The van der Waals surface area contributed by atoms with Crippen LogP contribution in [0.25, 0.3) is 0 Å². The summed E-state index contributed by atoms with van der Waals surface area (Å²) in [6.45, 7) is 9.27. The zero-order chi connectivity index (χ0) is 13.4. The van der Waals surface area contributed by atoms with Crippen LogP contribution in [0.2, 0.25) is 0 Å². The third-order valence-electron chi connectivity index (χ3n) is 2.78. The van der Waals surface area contributed by atoms with Gasteiger partial charge in [0.15, 0.2) is 0 Å². The molecule has 1 heterocycles. The number of amides is 1. The molecule has 1 aliphatic heterocycles. The Kier molecular flexibility index (Phi) is 6.43. The van der Waals surface area contributed by atoms with E-state index < -0.39 is 5.60 Å². The number of rotatable bonds is 2. The van der Waals surface area contributed by atoms with E-state index in [4.69, 9.17) is 4.74 Å². The minimum Gasteiger partial charge on any atom is -0.444 e. The molecular weight excluding hydrogens is 230 g/mol. The van der Waals surface area contributed by atoms with Crippen molar-refractivity contribution >= 4 is 6.09 Å². The molecule has 1 rings (SSSR count). The standard InChI is InChI=1S/C13H27N3O2/c1-13(2,3)18-12(17)16-10-11-6-4-5-7-14-8-9-15-11/h11,14-15H,4-10H2,1-3H3,(H,16,17). The third-order valence-corrected chi connectivity index (χ3v) is 2.78. The number of alkyl carbamates (subject to hydrolysis) is 1. The lowest BCUT2D eigenvalue weighted by Gasteiger charge is -2.22. The Labute approximate surface area is 110 Å². The van der Waals surface area contributed by atoms with Crippen molar-refractivity contribution in [1.29, 1.82) is 0 Å². The molecular formula is C13H27N3O2.